The van der Waals surface area contributed by atoms with Gasteiger partial charge in [-0.2, -0.15) is 5.10 Å². The van der Waals surface area contributed by atoms with E-state index in [1.54, 1.807) is 43.3 Å². The molecule has 152 valence electrons. The van der Waals surface area contributed by atoms with Crippen LogP contribution in [0.3, 0.4) is 0 Å². The molecule has 1 aliphatic rings. The molecule has 2 N–H and O–H groups in total. The maximum absolute atomic E-state index is 15.1. The molecule has 0 radical (unpaired) electrons. The molecule has 1 fully saturated rings. The van der Waals surface area contributed by atoms with Gasteiger partial charge < -0.3 is 15.2 Å². The van der Waals surface area contributed by atoms with Gasteiger partial charge in [0.15, 0.2) is 5.82 Å². The summed E-state index contributed by atoms with van der Waals surface area (Å²) in [6.07, 6.45) is -0.357. The number of hydrogen-bond donors (Lipinski definition) is 2. The fourth-order valence-electron chi connectivity index (χ4n) is 3.93. The van der Waals surface area contributed by atoms with E-state index < -0.39 is 23.8 Å². The zero-order chi connectivity index (χ0) is 20.6. The first-order chi connectivity index (χ1) is 14.0. The van der Waals surface area contributed by atoms with Crippen LogP contribution in [-0.4, -0.2) is 44.0 Å². The highest BCUT2D eigenvalue weighted by atomic mass is 19.1. The number of anilines is 1. The van der Waals surface area contributed by atoms with Crippen molar-refractivity contribution < 1.29 is 19.0 Å². The Labute approximate surface area is 167 Å². The number of aliphatic hydroxyl groups is 1. The standard InChI is InChI=1S/C21H23FN4O3/c1-3-21(11-27)13(2)17(22)18(29-21)15-9-10-16-19(23-12-24-26(15)16)25-20(28)14-7-5-4-6-8-14/h4-10,12-13,17-18,27H,3,11H2,1-2H3,(H,23,24,25,28)/t13-,17+,18-,21-/m0/s1. The SMILES string of the molecule is CC[C@@]1(CO)O[C@@H](c2ccc3c(NC(=O)c4ccccc4)ncnn23)[C@H](F)[C@@H]1C. The van der Waals surface area contributed by atoms with Crippen molar-refractivity contribution in [3.63, 3.8) is 0 Å². The van der Waals surface area contributed by atoms with Crippen LogP contribution in [-0.2, 0) is 4.74 Å². The van der Waals surface area contributed by atoms with E-state index in [4.69, 9.17) is 4.74 Å². The second-order valence-electron chi connectivity index (χ2n) is 7.33. The van der Waals surface area contributed by atoms with Gasteiger partial charge in [0, 0.05) is 11.5 Å². The number of rotatable bonds is 5. The third-order valence-corrected chi connectivity index (χ3v) is 5.87. The molecule has 7 nitrogen and oxygen atoms in total. The number of ether oxygens (including phenoxy) is 1. The van der Waals surface area contributed by atoms with E-state index in [0.717, 1.165) is 0 Å². The van der Waals surface area contributed by atoms with E-state index in [0.29, 0.717) is 29.0 Å². The Hall–Kier alpha value is -2.84. The summed E-state index contributed by atoms with van der Waals surface area (Å²) >= 11 is 0. The minimum atomic E-state index is -1.29. The molecule has 8 heteroatoms. The molecule has 0 unspecified atom stereocenters. The average molecular weight is 398 g/mol. The van der Waals surface area contributed by atoms with Gasteiger partial charge in [0.05, 0.1) is 17.9 Å². The Morgan fingerprint density at radius 1 is 1.31 bits per heavy atom. The molecule has 0 saturated carbocycles. The second-order valence-corrected chi connectivity index (χ2v) is 7.33. The fourth-order valence-corrected chi connectivity index (χ4v) is 3.93. The first kappa shape index (κ1) is 19.5. The van der Waals surface area contributed by atoms with Gasteiger partial charge in [0.2, 0.25) is 0 Å². The number of hydrogen-bond acceptors (Lipinski definition) is 5. The van der Waals surface area contributed by atoms with Gasteiger partial charge in [-0.3, -0.25) is 4.79 Å². The summed E-state index contributed by atoms with van der Waals surface area (Å²) in [5.74, 6) is -0.439. The molecule has 1 saturated heterocycles. The highest BCUT2D eigenvalue weighted by Gasteiger charge is 2.53. The monoisotopic (exact) mass is 398 g/mol. The molecule has 1 aliphatic heterocycles. The smallest absolute Gasteiger partial charge is 0.256 e. The van der Waals surface area contributed by atoms with Crippen molar-refractivity contribution in [2.24, 2.45) is 5.92 Å². The van der Waals surface area contributed by atoms with Crippen molar-refractivity contribution in [1.82, 2.24) is 14.6 Å². The predicted octanol–water partition coefficient (Wildman–Crippen LogP) is 3.17. The summed E-state index contributed by atoms with van der Waals surface area (Å²) in [5.41, 5.74) is 0.628. The molecule has 1 amide bonds. The van der Waals surface area contributed by atoms with Crippen LogP contribution in [0.25, 0.3) is 5.52 Å². The minimum absolute atomic E-state index is 0.252. The summed E-state index contributed by atoms with van der Waals surface area (Å²) in [5, 5.41) is 16.8. The zero-order valence-electron chi connectivity index (χ0n) is 16.2. The number of aromatic nitrogens is 3. The lowest BCUT2D eigenvalue weighted by Gasteiger charge is -2.29. The Morgan fingerprint density at radius 3 is 2.72 bits per heavy atom. The van der Waals surface area contributed by atoms with Crippen LogP contribution in [0.5, 0.6) is 0 Å². The number of fused-ring (bicyclic) bond motifs is 1. The lowest BCUT2D eigenvalue weighted by molar-refractivity contribution is -0.0936. The molecule has 3 aromatic rings. The first-order valence-electron chi connectivity index (χ1n) is 9.62. The Bertz CT molecular complexity index is 1020. The minimum Gasteiger partial charge on any atom is -0.393 e. The maximum Gasteiger partial charge on any atom is 0.256 e. The Morgan fingerprint density at radius 2 is 2.07 bits per heavy atom. The topological polar surface area (TPSA) is 88.8 Å². The number of benzene rings is 1. The highest BCUT2D eigenvalue weighted by molar-refractivity contribution is 6.05. The van der Waals surface area contributed by atoms with Gasteiger partial charge in [-0.25, -0.2) is 13.9 Å². The van der Waals surface area contributed by atoms with Crippen LogP contribution in [0.15, 0.2) is 48.8 Å². The van der Waals surface area contributed by atoms with Crippen molar-refractivity contribution in [3.05, 3.63) is 60.0 Å². The summed E-state index contributed by atoms with van der Waals surface area (Å²) in [6, 6.07) is 12.2. The van der Waals surface area contributed by atoms with E-state index >= 15 is 4.39 Å². The molecule has 29 heavy (non-hydrogen) atoms. The van der Waals surface area contributed by atoms with Gasteiger partial charge in [-0.1, -0.05) is 32.0 Å². The molecular weight excluding hydrogens is 375 g/mol. The van der Waals surface area contributed by atoms with Gasteiger partial charge in [-0.05, 0) is 30.7 Å². The van der Waals surface area contributed by atoms with Gasteiger partial charge in [0.25, 0.3) is 5.91 Å². The number of aliphatic hydroxyl groups excluding tert-OH is 1. The normalized spacial score (nSPS) is 26.7. The largest absolute Gasteiger partial charge is 0.393 e. The third kappa shape index (κ3) is 3.18. The van der Waals surface area contributed by atoms with Crippen molar-refractivity contribution in [2.75, 3.05) is 11.9 Å². The van der Waals surface area contributed by atoms with Crippen molar-refractivity contribution in [3.8, 4) is 0 Å². The van der Waals surface area contributed by atoms with Crippen molar-refractivity contribution in [1.29, 1.82) is 0 Å². The van der Waals surface area contributed by atoms with Gasteiger partial charge in [0.1, 0.15) is 24.1 Å². The van der Waals surface area contributed by atoms with Crippen LogP contribution >= 0.6 is 0 Å². The second kappa shape index (κ2) is 7.53. The summed E-state index contributed by atoms with van der Waals surface area (Å²) in [6.45, 7) is 3.37. The first-order valence-corrected chi connectivity index (χ1v) is 9.62. The third-order valence-electron chi connectivity index (χ3n) is 5.87. The van der Waals surface area contributed by atoms with Crippen LogP contribution < -0.4 is 5.32 Å². The summed E-state index contributed by atoms with van der Waals surface area (Å²) in [4.78, 5) is 16.7. The summed E-state index contributed by atoms with van der Waals surface area (Å²) in [7, 11) is 0. The Balaban J connectivity index is 1.67. The lowest BCUT2D eigenvalue weighted by Crippen LogP contribution is -2.39. The zero-order valence-corrected chi connectivity index (χ0v) is 16.2. The molecule has 4 atom stereocenters. The van der Waals surface area contributed by atoms with E-state index in [-0.39, 0.29) is 12.5 Å². The van der Waals surface area contributed by atoms with Crippen molar-refractivity contribution in [2.45, 2.75) is 38.1 Å². The molecule has 0 spiro atoms. The van der Waals surface area contributed by atoms with E-state index in [9.17, 15) is 9.90 Å². The van der Waals surface area contributed by atoms with Crippen LogP contribution in [0.1, 0.15) is 42.4 Å². The molecule has 2 aromatic heterocycles. The highest BCUT2D eigenvalue weighted by Crippen LogP contribution is 2.47. The fraction of sp³-hybridized carbons (Fsp3) is 0.381. The number of carbonyl (C=O) groups is 1. The van der Waals surface area contributed by atoms with E-state index in [2.05, 4.69) is 15.4 Å². The van der Waals surface area contributed by atoms with Gasteiger partial charge >= 0.3 is 0 Å². The maximum atomic E-state index is 15.1. The molecular formula is C21H23FN4O3. The molecule has 0 aliphatic carbocycles. The number of nitrogens with one attached hydrogen (secondary N) is 1. The summed E-state index contributed by atoms with van der Waals surface area (Å²) < 4.78 is 22.7. The average Bonchev–Trinajstić information content (AvgIpc) is 3.29. The molecule has 1 aromatic carbocycles. The number of amides is 1. The quantitative estimate of drug-likeness (QED) is 0.689. The number of carbonyl (C=O) groups excluding carboxylic acids is 1. The number of alkyl halides is 1. The molecule has 0 bridgehead atoms. The van der Waals surface area contributed by atoms with Crippen LogP contribution in [0.4, 0.5) is 10.2 Å². The lowest BCUT2D eigenvalue weighted by atomic mass is 9.85. The molecule has 4 rings (SSSR count). The molecule has 3 heterocycles. The van der Waals surface area contributed by atoms with Crippen molar-refractivity contribution >= 4 is 17.2 Å². The predicted molar refractivity (Wildman–Crippen MR) is 105 cm³/mol. The number of nitrogens with zero attached hydrogens (tertiary/aromatic N) is 3. The van der Waals surface area contributed by atoms with Crippen LogP contribution in [0.2, 0.25) is 0 Å². The number of halogens is 1. The van der Waals surface area contributed by atoms with E-state index in [1.165, 1.54) is 10.8 Å². The Kier molecular flexibility index (Phi) is 5.06. The van der Waals surface area contributed by atoms with E-state index in [1.807, 2.05) is 13.0 Å². The van der Waals surface area contributed by atoms with Gasteiger partial charge in [-0.15, -0.1) is 0 Å². The van der Waals surface area contributed by atoms with Crippen LogP contribution in [0, 0.1) is 5.92 Å².